The number of benzene rings is 1. The summed E-state index contributed by atoms with van der Waals surface area (Å²) in [6.07, 6.45) is 3.66. The topological polar surface area (TPSA) is 49.3 Å². The lowest BCUT2D eigenvalue weighted by molar-refractivity contribution is 0.0696. The van der Waals surface area contributed by atoms with Crippen molar-refractivity contribution in [2.24, 2.45) is 0 Å². The van der Waals surface area contributed by atoms with Gasteiger partial charge >= 0.3 is 5.97 Å². The minimum Gasteiger partial charge on any atom is -0.478 e. The highest BCUT2D eigenvalue weighted by atomic mass is 32.2. The van der Waals surface area contributed by atoms with Crippen LogP contribution in [0.3, 0.4) is 0 Å². The molecule has 1 aromatic rings. The summed E-state index contributed by atoms with van der Waals surface area (Å²) in [6.45, 7) is 0.730. The van der Waals surface area contributed by atoms with Crippen LogP contribution < -0.4 is 5.32 Å². The lowest BCUT2D eigenvalue weighted by Gasteiger charge is -2.22. The van der Waals surface area contributed by atoms with Crippen LogP contribution in [0.4, 0.5) is 10.1 Å². The minimum absolute atomic E-state index is 0.0231. The average Bonchev–Trinajstić information content (AvgIpc) is 2.38. The monoisotopic (exact) mass is 269 g/mol. The number of nitrogens with one attached hydrogen (secondary N) is 1. The molecule has 2 N–H and O–H groups in total. The molecular formula is C13H16FNO2S. The first-order valence-corrected chi connectivity index (χ1v) is 7.10. The Hall–Kier alpha value is -1.23. The van der Waals surface area contributed by atoms with Crippen LogP contribution in [-0.2, 0) is 0 Å². The van der Waals surface area contributed by atoms with Gasteiger partial charge in [-0.3, -0.25) is 0 Å². The highest BCUT2D eigenvalue weighted by Gasteiger charge is 2.14. The van der Waals surface area contributed by atoms with Gasteiger partial charge in [0.1, 0.15) is 5.82 Å². The summed E-state index contributed by atoms with van der Waals surface area (Å²) >= 11 is 1.92. The maximum Gasteiger partial charge on any atom is 0.335 e. The van der Waals surface area contributed by atoms with Gasteiger partial charge in [-0.15, -0.1) is 0 Å². The van der Waals surface area contributed by atoms with E-state index in [4.69, 9.17) is 5.11 Å². The molecule has 0 bridgehead atoms. The predicted octanol–water partition coefficient (Wildman–Crippen LogP) is 3.22. The SMILES string of the molecule is O=C(O)c1ccc(NCC2CCCCS2)c(F)c1. The van der Waals surface area contributed by atoms with Gasteiger partial charge in [0.25, 0.3) is 0 Å². The van der Waals surface area contributed by atoms with Gasteiger partial charge in [0.2, 0.25) is 0 Å². The molecule has 0 aliphatic carbocycles. The average molecular weight is 269 g/mol. The molecule has 0 amide bonds. The minimum atomic E-state index is -1.11. The molecule has 0 saturated carbocycles. The summed E-state index contributed by atoms with van der Waals surface area (Å²) in [5.41, 5.74) is 0.358. The van der Waals surface area contributed by atoms with Gasteiger partial charge in [0.05, 0.1) is 11.3 Å². The Balaban J connectivity index is 1.94. The van der Waals surface area contributed by atoms with Gasteiger partial charge < -0.3 is 10.4 Å². The van der Waals surface area contributed by atoms with Crippen molar-refractivity contribution in [3.05, 3.63) is 29.6 Å². The fourth-order valence-electron chi connectivity index (χ4n) is 1.98. The van der Waals surface area contributed by atoms with Gasteiger partial charge in [-0.25, -0.2) is 9.18 Å². The Morgan fingerprint density at radius 1 is 1.50 bits per heavy atom. The molecule has 2 rings (SSSR count). The predicted molar refractivity (Wildman–Crippen MR) is 71.9 cm³/mol. The summed E-state index contributed by atoms with van der Waals surface area (Å²) in [4.78, 5) is 10.7. The first kappa shape index (κ1) is 13.2. The fraction of sp³-hybridized carbons (Fsp3) is 0.462. The number of halogens is 1. The number of hydrogen-bond acceptors (Lipinski definition) is 3. The second kappa shape index (κ2) is 6.09. The molecule has 5 heteroatoms. The number of hydrogen-bond donors (Lipinski definition) is 2. The van der Waals surface area contributed by atoms with Gasteiger partial charge in [-0.2, -0.15) is 11.8 Å². The third-order valence-electron chi connectivity index (χ3n) is 3.01. The van der Waals surface area contributed by atoms with Crippen molar-refractivity contribution in [1.29, 1.82) is 0 Å². The molecule has 98 valence electrons. The van der Waals surface area contributed by atoms with Gasteiger partial charge in [0, 0.05) is 11.8 Å². The number of carboxylic acids is 1. The number of carbonyl (C=O) groups is 1. The van der Waals surface area contributed by atoms with E-state index in [2.05, 4.69) is 5.32 Å². The summed E-state index contributed by atoms with van der Waals surface area (Å²) < 4.78 is 13.6. The number of thioether (sulfide) groups is 1. The van der Waals surface area contributed by atoms with E-state index in [1.54, 1.807) is 0 Å². The molecule has 0 radical (unpaired) electrons. The van der Waals surface area contributed by atoms with Crippen molar-refractivity contribution in [2.75, 3.05) is 17.6 Å². The van der Waals surface area contributed by atoms with Crippen LogP contribution in [0, 0.1) is 5.82 Å². The normalized spacial score (nSPS) is 19.5. The summed E-state index contributed by atoms with van der Waals surface area (Å²) in [6, 6.07) is 3.96. The molecule has 1 aromatic carbocycles. The maximum atomic E-state index is 13.6. The summed E-state index contributed by atoms with van der Waals surface area (Å²) in [5.74, 6) is -0.439. The maximum absolute atomic E-state index is 13.6. The number of aromatic carboxylic acids is 1. The summed E-state index contributed by atoms with van der Waals surface area (Å²) in [7, 11) is 0. The smallest absolute Gasteiger partial charge is 0.335 e. The van der Waals surface area contributed by atoms with Crippen molar-refractivity contribution in [3.8, 4) is 0 Å². The molecule has 1 aliphatic rings. The van der Waals surface area contributed by atoms with E-state index in [0.717, 1.165) is 19.0 Å². The largest absolute Gasteiger partial charge is 0.478 e. The first-order valence-electron chi connectivity index (χ1n) is 6.05. The van der Waals surface area contributed by atoms with Gasteiger partial charge in [-0.05, 0) is 36.8 Å². The van der Waals surface area contributed by atoms with E-state index in [1.165, 1.54) is 30.7 Å². The van der Waals surface area contributed by atoms with Crippen LogP contribution in [0.5, 0.6) is 0 Å². The molecule has 1 fully saturated rings. The quantitative estimate of drug-likeness (QED) is 0.881. The van der Waals surface area contributed by atoms with Crippen LogP contribution in [0.2, 0.25) is 0 Å². The van der Waals surface area contributed by atoms with Crippen molar-refractivity contribution in [3.63, 3.8) is 0 Å². The van der Waals surface area contributed by atoms with Crippen molar-refractivity contribution < 1.29 is 14.3 Å². The zero-order valence-corrected chi connectivity index (χ0v) is 10.8. The number of carboxylic acid groups (broad SMARTS) is 1. The van der Waals surface area contributed by atoms with Crippen LogP contribution in [0.1, 0.15) is 29.6 Å². The van der Waals surface area contributed by atoms with E-state index in [0.29, 0.717) is 10.9 Å². The Bertz CT molecular complexity index is 433. The van der Waals surface area contributed by atoms with E-state index in [9.17, 15) is 9.18 Å². The Kier molecular flexibility index (Phi) is 4.47. The molecule has 1 unspecified atom stereocenters. The van der Waals surface area contributed by atoms with Crippen LogP contribution in [0.25, 0.3) is 0 Å². The zero-order chi connectivity index (χ0) is 13.0. The summed E-state index contributed by atoms with van der Waals surface area (Å²) in [5, 5.41) is 12.3. The molecule has 3 nitrogen and oxygen atoms in total. The molecule has 1 heterocycles. The molecular weight excluding hydrogens is 253 g/mol. The number of anilines is 1. The standard InChI is InChI=1S/C13H16FNO2S/c14-11-7-9(13(16)17)4-5-12(11)15-8-10-3-1-2-6-18-10/h4-5,7,10,15H,1-3,6,8H2,(H,16,17). The van der Waals surface area contributed by atoms with Crippen LogP contribution in [0.15, 0.2) is 18.2 Å². The Labute approximate surface area is 110 Å². The van der Waals surface area contributed by atoms with Gasteiger partial charge in [0.15, 0.2) is 0 Å². The lowest BCUT2D eigenvalue weighted by atomic mass is 10.1. The van der Waals surface area contributed by atoms with Crippen LogP contribution >= 0.6 is 11.8 Å². The highest BCUT2D eigenvalue weighted by Crippen LogP contribution is 2.25. The van der Waals surface area contributed by atoms with Gasteiger partial charge in [-0.1, -0.05) is 6.42 Å². The van der Waals surface area contributed by atoms with Crippen LogP contribution in [-0.4, -0.2) is 28.6 Å². The fourth-order valence-corrected chi connectivity index (χ4v) is 3.22. The highest BCUT2D eigenvalue weighted by molar-refractivity contribution is 7.99. The third-order valence-corrected chi connectivity index (χ3v) is 4.41. The Morgan fingerprint density at radius 2 is 2.33 bits per heavy atom. The Morgan fingerprint density at radius 3 is 2.94 bits per heavy atom. The van der Waals surface area contributed by atoms with E-state index in [1.807, 2.05) is 11.8 Å². The second-order valence-electron chi connectivity index (χ2n) is 4.37. The molecule has 18 heavy (non-hydrogen) atoms. The van der Waals surface area contributed by atoms with Crippen molar-refractivity contribution in [1.82, 2.24) is 0 Å². The van der Waals surface area contributed by atoms with Crippen molar-refractivity contribution in [2.45, 2.75) is 24.5 Å². The number of rotatable bonds is 4. The molecule has 1 saturated heterocycles. The van der Waals surface area contributed by atoms with Crippen molar-refractivity contribution >= 4 is 23.4 Å². The third kappa shape index (κ3) is 3.38. The van der Waals surface area contributed by atoms with E-state index in [-0.39, 0.29) is 5.56 Å². The molecule has 0 spiro atoms. The molecule has 0 aromatic heterocycles. The zero-order valence-electron chi connectivity index (χ0n) is 9.99. The second-order valence-corrected chi connectivity index (χ2v) is 5.78. The first-order chi connectivity index (χ1) is 8.66. The molecule has 1 aliphatic heterocycles. The molecule has 1 atom stereocenters. The lowest BCUT2D eigenvalue weighted by Crippen LogP contribution is -2.20. The van der Waals surface area contributed by atoms with E-state index >= 15 is 0 Å². The van der Waals surface area contributed by atoms with E-state index < -0.39 is 11.8 Å².